The fourth-order valence-corrected chi connectivity index (χ4v) is 2.21. The van der Waals surface area contributed by atoms with Gasteiger partial charge in [0.1, 0.15) is 0 Å². The number of aromatic nitrogens is 3. The van der Waals surface area contributed by atoms with Gasteiger partial charge in [-0.05, 0) is 18.6 Å². The summed E-state index contributed by atoms with van der Waals surface area (Å²) in [5, 5.41) is 4.03. The molecule has 0 amide bonds. The molecule has 0 atom stereocenters. The van der Waals surface area contributed by atoms with Gasteiger partial charge in [-0.3, -0.25) is 0 Å². The van der Waals surface area contributed by atoms with E-state index in [0.29, 0.717) is 5.95 Å². The molecular weight excluding hydrogens is 238 g/mol. The molecule has 0 aliphatic heterocycles. The summed E-state index contributed by atoms with van der Waals surface area (Å²) in [7, 11) is 1.81. The first-order valence-electron chi connectivity index (χ1n) is 6.08. The number of nitrogen functional groups attached to an aromatic ring is 1. The van der Waals surface area contributed by atoms with Gasteiger partial charge < -0.3 is 16.0 Å². The van der Waals surface area contributed by atoms with E-state index in [1.54, 1.807) is 0 Å². The Kier molecular flexibility index (Phi) is 2.59. The van der Waals surface area contributed by atoms with Crippen LogP contribution in [-0.2, 0) is 0 Å². The Morgan fingerprint density at radius 2 is 2.16 bits per heavy atom. The number of rotatable bonds is 2. The third-order valence-corrected chi connectivity index (χ3v) is 3.20. The van der Waals surface area contributed by atoms with E-state index in [4.69, 9.17) is 5.73 Å². The van der Waals surface area contributed by atoms with Gasteiger partial charge in [0.2, 0.25) is 5.95 Å². The molecular formula is C14H15N5. The largest absolute Gasteiger partial charge is 0.397 e. The van der Waals surface area contributed by atoms with Gasteiger partial charge in [-0.2, -0.15) is 0 Å². The second-order valence-corrected chi connectivity index (χ2v) is 4.45. The van der Waals surface area contributed by atoms with E-state index >= 15 is 0 Å². The smallest absolute Gasteiger partial charge is 0.222 e. The SMILES string of the molecule is CNc1ncc(C)c(-c2c[nH]c3c(N)cccc23)n1. The van der Waals surface area contributed by atoms with Gasteiger partial charge in [0, 0.05) is 30.4 Å². The normalized spacial score (nSPS) is 10.8. The number of aromatic amines is 1. The number of nitrogens with one attached hydrogen (secondary N) is 2. The lowest BCUT2D eigenvalue weighted by molar-refractivity contribution is 1.12. The maximum atomic E-state index is 5.97. The Bertz CT molecular complexity index is 745. The predicted octanol–water partition coefficient (Wildman–Crippen LogP) is 2.56. The van der Waals surface area contributed by atoms with Crippen molar-refractivity contribution in [3.63, 3.8) is 0 Å². The minimum Gasteiger partial charge on any atom is -0.397 e. The minimum absolute atomic E-state index is 0.610. The molecule has 2 aromatic heterocycles. The zero-order valence-corrected chi connectivity index (χ0v) is 10.9. The summed E-state index contributed by atoms with van der Waals surface area (Å²) in [6.45, 7) is 2.00. The standard InChI is InChI=1S/C14H15N5/c1-8-6-18-14(16-2)19-12(8)10-7-17-13-9(10)4-3-5-11(13)15/h3-7,17H,15H2,1-2H3,(H,16,18,19). The number of H-pyrrole nitrogens is 1. The maximum absolute atomic E-state index is 5.97. The Morgan fingerprint density at radius 1 is 1.32 bits per heavy atom. The van der Waals surface area contributed by atoms with Gasteiger partial charge in [-0.25, -0.2) is 9.97 Å². The van der Waals surface area contributed by atoms with Crippen LogP contribution in [0.4, 0.5) is 11.6 Å². The maximum Gasteiger partial charge on any atom is 0.222 e. The molecule has 3 aromatic rings. The molecule has 2 heterocycles. The van der Waals surface area contributed by atoms with Crippen LogP contribution in [0.5, 0.6) is 0 Å². The van der Waals surface area contributed by atoms with Crippen molar-refractivity contribution in [3.05, 3.63) is 36.2 Å². The predicted molar refractivity (Wildman–Crippen MR) is 78.0 cm³/mol. The van der Waals surface area contributed by atoms with Crippen molar-refractivity contribution in [1.29, 1.82) is 0 Å². The van der Waals surface area contributed by atoms with Crippen LogP contribution in [0.15, 0.2) is 30.6 Å². The van der Waals surface area contributed by atoms with Gasteiger partial charge in [0.25, 0.3) is 0 Å². The van der Waals surface area contributed by atoms with E-state index in [1.807, 2.05) is 44.6 Å². The number of fused-ring (bicyclic) bond motifs is 1. The van der Waals surface area contributed by atoms with E-state index in [2.05, 4.69) is 20.3 Å². The fraction of sp³-hybridized carbons (Fsp3) is 0.143. The van der Waals surface area contributed by atoms with Crippen molar-refractivity contribution in [2.45, 2.75) is 6.92 Å². The van der Waals surface area contributed by atoms with E-state index in [-0.39, 0.29) is 0 Å². The number of hydrogen-bond donors (Lipinski definition) is 3. The summed E-state index contributed by atoms with van der Waals surface area (Å²) in [4.78, 5) is 12.0. The first-order valence-corrected chi connectivity index (χ1v) is 6.08. The molecule has 0 spiro atoms. The summed E-state index contributed by atoms with van der Waals surface area (Å²) in [6, 6.07) is 5.87. The van der Waals surface area contributed by atoms with Crippen LogP contribution in [0, 0.1) is 6.92 Å². The highest BCUT2D eigenvalue weighted by atomic mass is 15.1. The summed E-state index contributed by atoms with van der Waals surface area (Å²) in [6.07, 6.45) is 3.76. The van der Waals surface area contributed by atoms with E-state index in [9.17, 15) is 0 Å². The van der Waals surface area contributed by atoms with Crippen molar-refractivity contribution in [2.75, 3.05) is 18.1 Å². The average molecular weight is 253 g/mol. The van der Waals surface area contributed by atoms with Gasteiger partial charge in [-0.1, -0.05) is 12.1 Å². The van der Waals surface area contributed by atoms with Crippen molar-refractivity contribution < 1.29 is 0 Å². The third kappa shape index (κ3) is 1.79. The molecule has 5 heteroatoms. The molecule has 3 rings (SSSR count). The van der Waals surface area contributed by atoms with Gasteiger partial charge in [-0.15, -0.1) is 0 Å². The van der Waals surface area contributed by atoms with Crippen molar-refractivity contribution in [3.8, 4) is 11.3 Å². The lowest BCUT2D eigenvalue weighted by atomic mass is 10.1. The first-order chi connectivity index (χ1) is 9.20. The highest BCUT2D eigenvalue weighted by Crippen LogP contribution is 2.31. The van der Waals surface area contributed by atoms with Crippen LogP contribution in [0.25, 0.3) is 22.2 Å². The third-order valence-electron chi connectivity index (χ3n) is 3.20. The van der Waals surface area contributed by atoms with Crippen LogP contribution in [-0.4, -0.2) is 22.0 Å². The average Bonchev–Trinajstić information content (AvgIpc) is 2.85. The fourth-order valence-electron chi connectivity index (χ4n) is 2.21. The van der Waals surface area contributed by atoms with Gasteiger partial charge in [0.15, 0.2) is 0 Å². The lowest BCUT2D eigenvalue weighted by Crippen LogP contribution is -1.98. The van der Waals surface area contributed by atoms with Crippen LogP contribution in [0.3, 0.4) is 0 Å². The number of nitrogens with two attached hydrogens (primary N) is 1. The molecule has 0 fully saturated rings. The molecule has 19 heavy (non-hydrogen) atoms. The van der Waals surface area contributed by atoms with Crippen molar-refractivity contribution in [1.82, 2.24) is 15.0 Å². The number of aryl methyl sites for hydroxylation is 1. The van der Waals surface area contributed by atoms with Gasteiger partial charge in [0.05, 0.1) is 16.9 Å². The van der Waals surface area contributed by atoms with E-state index < -0.39 is 0 Å². The quantitative estimate of drug-likeness (QED) is 0.613. The van der Waals surface area contributed by atoms with Crippen LogP contribution in [0.2, 0.25) is 0 Å². The van der Waals surface area contributed by atoms with E-state index in [1.165, 1.54) is 0 Å². The zero-order valence-electron chi connectivity index (χ0n) is 10.9. The Hall–Kier alpha value is -2.56. The number of nitrogens with zero attached hydrogens (tertiary/aromatic N) is 2. The number of anilines is 2. The molecule has 5 nitrogen and oxygen atoms in total. The highest BCUT2D eigenvalue weighted by molar-refractivity contribution is 6.00. The Morgan fingerprint density at radius 3 is 2.95 bits per heavy atom. The number of para-hydroxylation sites is 1. The number of benzene rings is 1. The van der Waals surface area contributed by atoms with Crippen LogP contribution >= 0.6 is 0 Å². The summed E-state index contributed by atoms with van der Waals surface area (Å²) in [5.41, 5.74) is 10.6. The molecule has 0 aliphatic carbocycles. The second kappa shape index (κ2) is 4.28. The molecule has 0 aliphatic rings. The topological polar surface area (TPSA) is 79.6 Å². The van der Waals surface area contributed by atoms with Crippen molar-refractivity contribution in [2.24, 2.45) is 0 Å². The molecule has 0 saturated carbocycles. The summed E-state index contributed by atoms with van der Waals surface area (Å²) < 4.78 is 0. The molecule has 0 bridgehead atoms. The molecule has 0 radical (unpaired) electrons. The Labute approximate surface area is 110 Å². The lowest BCUT2D eigenvalue weighted by Gasteiger charge is -2.06. The number of hydrogen-bond acceptors (Lipinski definition) is 4. The molecule has 1 aromatic carbocycles. The Balaban J connectivity index is 2.27. The summed E-state index contributed by atoms with van der Waals surface area (Å²) in [5.74, 6) is 0.610. The zero-order chi connectivity index (χ0) is 13.4. The van der Waals surface area contributed by atoms with E-state index in [0.717, 1.165) is 33.4 Å². The molecule has 96 valence electrons. The molecule has 4 N–H and O–H groups in total. The van der Waals surface area contributed by atoms with Crippen LogP contribution in [0.1, 0.15) is 5.56 Å². The van der Waals surface area contributed by atoms with Crippen LogP contribution < -0.4 is 11.1 Å². The summed E-state index contributed by atoms with van der Waals surface area (Å²) >= 11 is 0. The monoisotopic (exact) mass is 253 g/mol. The minimum atomic E-state index is 0.610. The highest BCUT2D eigenvalue weighted by Gasteiger charge is 2.12. The molecule has 0 unspecified atom stereocenters. The first kappa shape index (κ1) is 11.5. The second-order valence-electron chi connectivity index (χ2n) is 4.45. The van der Waals surface area contributed by atoms with Gasteiger partial charge >= 0.3 is 0 Å². The molecule has 0 saturated heterocycles. The van der Waals surface area contributed by atoms with Crippen molar-refractivity contribution >= 4 is 22.5 Å².